The molecule has 0 spiro atoms. The van der Waals surface area contributed by atoms with Gasteiger partial charge in [0.2, 0.25) is 5.43 Å². The van der Waals surface area contributed by atoms with Gasteiger partial charge in [-0.3, -0.25) is 4.79 Å². The van der Waals surface area contributed by atoms with Crippen LogP contribution >= 0.6 is 0 Å². The highest BCUT2D eigenvalue weighted by atomic mass is 16.5. The van der Waals surface area contributed by atoms with E-state index in [1.165, 1.54) is 0 Å². The maximum Gasteiger partial charge on any atom is 0.339 e. The molecule has 1 aromatic heterocycles. The molecule has 1 heterocycles. The Kier molecular flexibility index (Phi) is 3.37. The first kappa shape index (κ1) is 15.3. The van der Waals surface area contributed by atoms with Gasteiger partial charge in [0, 0.05) is 0 Å². The standard InChI is InChI=1S/C16H10O8/c1-23-16(22)6-2-8-12(19)9-4-7(17)5-10(15(20)21)13(9)24-14(8)11(18)3-6/h2-5,17-18H,1H3,(H,20,21). The number of carbonyl (C=O) groups is 2. The molecule has 0 saturated carbocycles. The Balaban J connectivity index is 2.51. The summed E-state index contributed by atoms with van der Waals surface area (Å²) in [4.78, 5) is 35.5. The minimum absolute atomic E-state index is 0.0761. The number of esters is 1. The van der Waals surface area contributed by atoms with Crippen molar-refractivity contribution < 1.29 is 34.1 Å². The molecule has 2 aromatic carbocycles. The first-order valence-electron chi connectivity index (χ1n) is 6.61. The topological polar surface area (TPSA) is 134 Å². The zero-order chi connectivity index (χ0) is 17.6. The van der Waals surface area contributed by atoms with Crippen LogP contribution in [-0.2, 0) is 4.74 Å². The number of carbonyl (C=O) groups excluding carboxylic acids is 1. The van der Waals surface area contributed by atoms with E-state index in [2.05, 4.69) is 4.74 Å². The molecule has 0 aliphatic rings. The molecule has 24 heavy (non-hydrogen) atoms. The fraction of sp³-hybridized carbons (Fsp3) is 0.0625. The lowest BCUT2D eigenvalue weighted by Gasteiger charge is -2.08. The number of methoxy groups -OCH3 is 1. The highest BCUT2D eigenvalue weighted by molar-refractivity contribution is 6.05. The fourth-order valence-corrected chi connectivity index (χ4v) is 2.42. The van der Waals surface area contributed by atoms with Gasteiger partial charge >= 0.3 is 11.9 Å². The molecule has 0 radical (unpaired) electrons. The minimum atomic E-state index is -1.41. The molecule has 8 nitrogen and oxygen atoms in total. The van der Waals surface area contributed by atoms with Gasteiger partial charge in [-0.1, -0.05) is 0 Å². The van der Waals surface area contributed by atoms with Crippen molar-refractivity contribution in [1.82, 2.24) is 0 Å². The van der Waals surface area contributed by atoms with Crippen LogP contribution < -0.4 is 5.43 Å². The van der Waals surface area contributed by atoms with E-state index in [1.54, 1.807) is 0 Å². The third kappa shape index (κ3) is 2.21. The van der Waals surface area contributed by atoms with Crippen LogP contribution in [0.5, 0.6) is 11.5 Å². The van der Waals surface area contributed by atoms with Gasteiger partial charge in [-0.05, 0) is 24.3 Å². The molecular formula is C16H10O8. The molecule has 0 aliphatic carbocycles. The Labute approximate surface area is 133 Å². The van der Waals surface area contributed by atoms with E-state index >= 15 is 0 Å². The summed E-state index contributed by atoms with van der Waals surface area (Å²) in [7, 11) is 1.14. The van der Waals surface area contributed by atoms with E-state index in [9.17, 15) is 29.7 Å². The number of rotatable bonds is 2. The van der Waals surface area contributed by atoms with E-state index in [0.29, 0.717) is 0 Å². The van der Waals surface area contributed by atoms with Gasteiger partial charge in [0.25, 0.3) is 0 Å². The number of benzene rings is 2. The SMILES string of the molecule is COC(=O)c1cc(O)c2oc3c(C(=O)O)cc(O)cc3c(=O)c2c1. The zero-order valence-electron chi connectivity index (χ0n) is 12.2. The summed E-state index contributed by atoms with van der Waals surface area (Å²) in [5.41, 5.74) is -1.77. The van der Waals surface area contributed by atoms with Crippen LogP contribution in [0.2, 0.25) is 0 Å². The van der Waals surface area contributed by atoms with Crippen LogP contribution in [-0.4, -0.2) is 34.4 Å². The number of ether oxygens (including phenoxy) is 1. The van der Waals surface area contributed by atoms with Crippen molar-refractivity contribution in [3.05, 3.63) is 45.6 Å². The van der Waals surface area contributed by atoms with Crippen molar-refractivity contribution in [2.75, 3.05) is 7.11 Å². The zero-order valence-corrected chi connectivity index (χ0v) is 12.2. The average molecular weight is 330 g/mol. The molecule has 8 heteroatoms. The summed E-state index contributed by atoms with van der Waals surface area (Å²) >= 11 is 0. The number of hydrogen-bond donors (Lipinski definition) is 3. The largest absolute Gasteiger partial charge is 0.508 e. The predicted octanol–water partition coefficient (Wildman–Crippen LogP) is 1.84. The summed E-state index contributed by atoms with van der Waals surface area (Å²) < 4.78 is 9.92. The van der Waals surface area contributed by atoms with Crippen LogP contribution in [0.15, 0.2) is 33.5 Å². The summed E-state index contributed by atoms with van der Waals surface area (Å²) in [5.74, 6) is -3.13. The maximum atomic E-state index is 12.6. The fourth-order valence-electron chi connectivity index (χ4n) is 2.42. The Morgan fingerprint density at radius 2 is 1.71 bits per heavy atom. The average Bonchev–Trinajstić information content (AvgIpc) is 2.54. The number of carboxylic acid groups (broad SMARTS) is 1. The number of fused-ring (bicyclic) bond motifs is 2. The molecular weight excluding hydrogens is 320 g/mol. The molecule has 3 aromatic rings. The Bertz CT molecular complexity index is 1080. The first-order valence-corrected chi connectivity index (χ1v) is 6.61. The number of aromatic hydroxyl groups is 2. The van der Waals surface area contributed by atoms with Crippen molar-refractivity contribution in [2.24, 2.45) is 0 Å². The molecule has 0 amide bonds. The van der Waals surface area contributed by atoms with Crippen molar-refractivity contribution >= 4 is 33.9 Å². The lowest BCUT2D eigenvalue weighted by Crippen LogP contribution is -2.08. The van der Waals surface area contributed by atoms with E-state index < -0.39 is 34.4 Å². The predicted molar refractivity (Wildman–Crippen MR) is 81.6 cm³/mol. The van der Waals surface area contributed by atoms with Crippen molar-refractivity contribution in [3.8, 4) is 11.5 Å². The van der Waals surface area contributed by atoms with Gasteiger partial charge in [-0.2, -0.15) is 0 Å². The van der Waals surface area contributed by atoms with Gasteiger partial charge in [0.1, 0.15) is 11.3 Å². The summed E-state index contributed by atoms with van der Waals surface area (Å²) in [6.45, 7) is 0. The van der Waals surface area contributed by atoms with Crippen molar-refractivity contribution in [3.63, 3.8) is 0 Å². The number of aromatic carboxylic acids is 1. The van der Waals surface area contributed by atoms with Crippen LogP contribution in [0.4, 0.5) is 0 Å². The number of carboxylic acids is 1. The second kappa shape index (κ2) is 5.27. The van der Waals surface area contributed by atoms with E-state index in [-0.39, 0.29) is 27.5 Å². The van der Waals surface area contributed by atoms with Gasteiger partial charge in [0.15, 0.2) is 16.9 Å². The highest BCUT2D eigenvalue weighted by Gasteiger charge is 2.20. The Morgan fingerprint density at radius 3 is 2.33 bits per heavy atom. The van der Waals surface area contributed by atoms with Crippen molar-refractivity contribution in [2.45, 2.75) is 0 Å². The quantitative estimate of drug-likeness (QED) is 0.478. The molecule has 0 fully saturated rings. The van der Waals surface area contributed by atoms with Gasteiger partial charge < -0.3 is 24.5 Å². The maximum absolute atomic E-state index is 12.6. The van der Waals surface area contributed by atoms with Crippen LogP contribution in [0.3, 0.4) is 0 Å². The lowest BCUT2D eigenvalue weighted by atomic mass is 10.1. The number of hydrogen-bond acceptors (Lipinski definition) is 7. The first-order chi connectivity index (χ1) is 11.3. The molecule has 3 N–H and O–H groups in total. The normalized spacial score (nSPS) is 10.9. The second-order valence-electron chi connectivity index (χ2n) is 4.97. The number of phenolic OH excluding ortho intramolecular Hbond substituents is 2. The van der Waals surface area contributed by atoms with Gasteiger partial charge in [-0.15, -0.1) is 0 Å². The Hall–Kier alpha value is -3.55. The summed E-state index contributed by atoms with van der Waals surface area (Å²) in [6.07, 6.45) is 0. The third-order valence-corrected chi connectivity index (χ3v) is 3.49. The van der Waals surface area contributed by atoms with Crippen LogP contribution in [0.1, 0.15) is 20.7 Å². The monoisotopic (exact) mass is 330 g/mol. The van der Waals surface area contributed by atoms with E-state index in [0.717, 1.165) is 31.4 Å². The summed E-state index contributed by atoms with van der Waals surface area (Å²) in [6, 6.07) is 4.19. The second-order valence-corrected chi connectivity index (χ2v) is 4.97. The van der Waals surface area contributed by atoms with E-state index in [1.807, 2.05) is 0 Å². The molecule has 0 atom stereocenters. The minimum Gasteiger partial charge on any atom is -0.508 e. The number of phenols is 2. The molecule has 122 valence electrons. The smallest absolute Gasteiger partial charge is 0.339 e. The van der Waals surface area contributed by atoms with Gasteiger partial charge in [0.05, 0.1) is 23.4 Å². The van der Waals surface area contributed by atoms with Crippen LogP contribution in [0.25, 0.3) is 21.9 Å². The molecule has 0 bridgehead atoms. The molecule has 0 unspecified atom stereocenters. The molecule has 3 rings (SSSR count). The third-order valence-electron chi connectivity index (χ3n) is 3.49. The summed E-state index contributed by atoms with van der Waals surface area (Å²) in [5, 5.41) is 28.5. The van der Waals surface area contributed by atoms with E-state index in [4.69, 9.17) is 4.42 Å². The highest BCUT2D eigenvalue weighted by Crippen LogP contribution is 2.31. The van der Waals surface area contributed by atoms with Gasteiger partial charge in [-0.25, -0.2) is 9.59 Å². The van der Waals surface area contributed by atoms with Crippen LogP contribution in [0, 0.1) is 0 Å². The van der Waals surface area contributed by atoms with Crippen molar-refractivity contribution in [1.29, 1.82) is 0 Å². The lowest BCUT2D eigenvalue weighted by molar-refractivity contribution is 0.0599. The Morgan fingerprint density at radius 1 is 1.04 bits per heavy atom. The molecule has 0 saturated heterocycles. The molecule has 0 aliphatic heterocycles.